The topological polar surface area (TPSA) is 56.7 Å². The van der Waals surface area contributed by atoms with Crippen molar-refractivity contribution < 1.29 is 0 Å². The van der Waals surface area contributed by atoms with Gasteiger partial charge < -0.3 is 5.73 Å². The molecule has 0 atom stereocenters. The second-order valence-corrected chi connectivity index (χ2v) is 4.02. The number of rotatable bonds is 4. The Morgan fingerprint density at radius 2 is 2.31 bits per heavy atom. The summed E-state index contributed by atoms with van der Waals surface area (Å²) in [6.45, 7) is 5.85. The van der Waals surface area contributed by atoms with E-state index < -0.39 is 0 Å². The Labute approximate surface area is 82.2 Å². The first-order valence-electron chi connectivity index (χ1n) is 4.03. The third-order valence-corrected chi connectivity index (χ3v) is 2.65. The number of allylic oxidation sites excluding steroid dienone is 1. The molecule has 0 saturated carbocycles. The molecule has 0 unspecified atom stereocenters. The Hall–Kier alpha value is -0.970. The van der Waals surface area contributed by atoms with E-state index in [2.05, 4.69) is 16.8 Å². The van der Waals surface area contributed by atoms with Gasteiger partial charge in [-0.15, -0.1) is 16.8 Å². The molecule has 1 aromatic rings. The standard InChI is InChI=1S/C8H14N4S/c1-6(2)4-5-13-8-11-10-7(9)12(8)3/h1,4-5H2,2-3H3,(H2,9,10). The van der Waals surface area contributed by atoms with Crippen LogP contribution in [0.1, 0.15) is 13.3 Å². The molecular formula is C8H14N4S. The number of thioether (sulfide) groups is 1. The van der Waals surface area contributed by atoms with Crippen molar-refractivity contribution in [1.29, 1.82) is 0 Å². The maximum absolute atomic E-state index is 5.53. The molecule has 5 heteroatoms. The van der Waals surface area contributed by atoms with E-state index in [1.807, 2.05) is 14.0 Å². The zero-order valence-corrected chi connectivity index (χ0v) is 8.77. The second kappa shape index (κ2) is 4.32. The number of anilines is 1. The van der Waals surface area contributed by atoms with Crippen molar-refractivity contribution in [3.05, 3.63) is 12.2 Å². The summed E-state index contributed by atoms with van der Waals surface area (Å²) >= 11 is 1.64. The highest BCUT2D eigenvalue weighted by atomic mass is 32.2. The molecule has 0 bridgehead atoms. The van der Waals surface area contributed by atoms with Crippen LogP contribution in [0, 0.1) is 0 Å². The number of nitrogens with two attached hydrogens (primary N) is 1. The minimum Gasteiger partial charge on any atom is -0.368 e. The van der Waals surface area contributed by atoms with Gasteiger partial charge in [0.25, 0.3) is 0 Å². The maximum atomic E-state index is 5.53. The van der Waals surface area contributed by atoms with Gasteiger partial charge in [-0.05, 0) is 13.3 Å². The molecule has 0 aliphatic rings. The molecule has 0 spiro atoms. The molecule has 2 N–H and O–H groups in total. The second-order valence-electron chi connectivity index (χ2n) is 2.96. The van der Waals surface area contributed by atoms with Gasteiger partial charge in [0, 0.05) is 12.8 Å². The van der Waals surface area contributed by atoms with Crippen LogP contribution in [0.25, 0.3) is 0 Å². The van der Waals surface area contributed by atoms with Crippen LogP contribution in [0.15, 0.2) is 17.3 Å². The smallest absolute Gasteiger partial charge is 0.222 e. The van der Waals surface area contributed by atoms with Gasteiger partial charge in [-0.25, -0.2) is 0 Å². The molecule has 1 heterocycles. The van der Waals surface area contributed by atoms with Crippen LogP contribution in [0.5, 0.6) is 0 Å². The average molecular weight is 198 g/mol. The Balaban J connectivity index is 2.45. The van der Waals surface area contributed by atoms with E-state index in [9.17, 15) is 0 Å². The first-order chi connectivity index (χ1) is 6.11. The average Bonchev–Trinajstić information content (AvgIpc) is 2.35. The SMILES string of the molecule is C=C(C)CCSc1nnc(N)n1C. The Morgan fingerprint density at radius 3 is 2.77 bits per heavy atom. The van der Waals surface area contributed by atoms with Crippen LogP contribution >= 0.6 is 11.8 Å². The summed E-state index contributed by atoms with van der Waals surface area (Å²) in [4.78, 5) is 0. The lowest BCUT2D eigenvalue weighted by molar-refractivity contribution is 0.795. The number of hydrogen-bond donors (Lipinski definition) is 1. The van der Waals surface area contributed by atoms with E-state index in [0.717, 1.165) is 17.3 Å². The molecule has 0 saturated heterocycles. The van der Waals surface area contributed by atoms with Gasteiger partial charge in [0.1, 0.15) is 0 Å². The Bertz CT molecular complexity index is 305. The predicted octanol–water partition coefficient (Wildman–Crippen LogP) is 1.46. The van der Waals surface area contributed by atoms with Crippen molar-refractivity contribution in [2.75, 3.05) is 11.5 Å². The van der Waals surface area contributed by atoms with Gasteiger partial charge in [0.15, 0.2) is 5.16 Å². The van der Waals surface area contributed by atoms with Gasteiger partial charge in [0.2, 0.25) is 5.95 Å². The van der Waals surface area contributed by atoms with E-state index in [1.165, 1.54) is 5.57 Å². The minimum absolute atomic E-state index is 0.456. The van der Waals surface area contributed by atoms with E-state index >= 15 is 0 Å². The van der Waals surface area contributed by atoms with E-state index in [0.29, 0.717) is 5.95 Å². The molecule has 1 rings (SSSR count). The van der Waals surface area contributed by atoms with E-state index in [-0.39, 0.29) is 0 Å². The molecule has 0 radical (unpaired) electrons. The summed E-state index contributed by atoms with van der Waals surface area (Å²) in [5, 5.41) is 8.55. The monoisotopic (exact) mass is 198 g/mol. The van der Waals surface area contributed by atoms with Gasteiger partial charge in [0.05, 0.1) is 0 Å². The highest BCUT2D eigenvalue weighted by Crippen LogP contribution is 2.18. The van der Waals surface area contributed by atoms with Crippen molar-refractivity contribution in [2.24, 2.45) is 7.05 Å². The lowest BCUT2D eigenvalue weighted by atomic mass is 10.3. The molecule has 0 aromatic carbocycles. The molecule has 72 valence electrons. The third kappa shape index (κ3) is 2.77. The molecule has 4 nitrogen and oxygen atoms in total. The van der Waals surface area contributed by atoms with Crippen LogP contribution < -0.4 is 5.73 Å². The summed E-state index contributed by atoms with van der Waals surface area (Å²) in [7, 11) is 1.86. The largest absolute Gasteiger partial charge is 0.368 e. The summed E-state index contributed by atoms with van der Waals surface area (Å²) < 4.78 is 1.78. The lowest BCUT2D eigenvalue weighted by Gasteiger charge is -2.00. The number of aromatic nitrogens is 3. The van der Waals surface area contributed by atoms with E-state index in [1.54, 1.807) is 16.3 Å². The van der Waals surface area contributed by atoms with Crippen LogP contribution in [0.4, 0.5) is 5.95 Å². The highest BCUT2D eigenvalue weighted by Gasteiger charge is 2.04. The fraction of sp³-hybridized carbons (Fsp3) is 0.500. The van der Waals surface area contributed by atoms with Gasteiger partial charge in [-0.1, -0.05) is 17.3 Å². The molecule has 1 aromatic heterocycles. The Kier molecular flexibility index (Phi) is 3.36. The molecule has 0 aliphatic heterocycles. The zero-order valence-electron chi connectivity index (χ0n) is 7.95. The van der Waals surface area contributed by atoms with Gasteiger partial charge in [-0.3, -0.25) is 4.57 Å². The van der Waals surface area contributed by atoms with Crippen LogP contribution in [-0.2, 0) is 7.05 Å². The Morgan fingerprint density at radius 1 is 1.62 bits per heavy atom. The number of nitrogen functional groups attached to an aromatic ring is 1. The third-order valence-electron chi connectivity index (χ3n) is 1.63. The fourth-order valence-corrected chi connectivity index (χ4v) is 1.79. The first-order valence-corrected chi connectivity index (χ1v) is 5.02. The quantitative estimate of drug-likeness (QED) is 0.587. The summed E-state index contributed by atoms with van der Waals surface area (Å²) in [5.74, 6) is 1.43. The first kappa shape index (κ1) is 10.1. The zero-order chi connectivity index (χ0) is 9.84. The normalized spacial score (nSPS) is 10.3. The predicted molar refractivity (Wildman–Crippen MR) is 55.6 cm³/mol. The van der Waals surface area contributed by atoms with Crippen LogP contribution in [0.2, 0.25) is 0 Å². The van der Waals surface area contributed by atoms with Crippen molar-refractivity contribution in [3.8, 4) is 0 Å². The molecule has 0 aliphatic carbocycles. The van der Waals surface area contributed by atoms with Crippen LogP contribution in [0.3, 0.4) is 0 Å². The maximum Gasteiger partial charge on any atom is 0.222 e. The summed E-state index contributed by atoms with van der Waals surface area (Å²) in [5.41, 5.74) is 6.71. The van der Waals surface area contributed by atoms with Gasteiger partial charge >= 0.3 is 0 Å². The molecule has 0 fully saturated rings. The van der Waals surface area contributed by atoms with Crippen molar-refractivity contribution in [2.45, 2.75) is 18.5 Å². The van der Waals surface area contributed by atoms with Crippen molar-refractivity contribution in [3.63, 3.8) is 0 Å². The molecule has 0 amide bonds. The summed E-state index contributed by atoms with van der Waals surface area (Å²) in [6, 6.07) is 0. The van der Waals surface area contributed by atoms with E-state index in [4.69, 9.17) is 5.73 Å². The minimum atomic E-state index is 0.456. The molecule has 13 heavy (non-hydrogen) atoms. The lowest BCUT2D eigenvalue weighted by Crippen LogP contribution is -1.98. The van der Waals surface area contributed by atoms with Gasteiger partial charge in [-0.2, -0.15) is 0 Å². The fourth-order valence-electron chi connectivity index (χ4n) is 0.768. The number of nitrogens with zero attached hydrogens (tertiary/aromatic N) is 3. The summed E-state index contributed by atoms with van der Waals surface area (Å²) in [6.07, 6.45) is 0.997. The van der Waals surface area contributed by atoms with Crippen LogP contribution in [-0.4, -0.2) is 20.5 Å². The molecular weight excluding hydrogens is 184 g/mol. The number of hydrogen-bond acceptors (Lipinski definition) is 4. The highest BCUT2D eigenvalue weighted by molar-refractivity contribution is 7.99. The van der Waals surface area contributed by atoms with Crippen molar-refractivity contribution >= 4 is 17.7 Å². The van der Waals surface area contributed by atoms with Crippen molar-refractivity contribution in [1.82, 2.24) is 14.8 Å².